The highest BCUT2D eigenvalue weighted by atomic mass is 16.6. The lowest BCUT2D eigenvalue weighted by Gasteiger charge is -2.34. The molecule has 194 valence electrons. The summed E-state index contributed by atoms with van der Waals surface area (Å²) in [5.41, 5.74) is 0.444. The molecule has 1 rings (SSSR count). The molecule has 0 heterocycles. The van der Waals surface area contributed by atoms with Gasteiger partial charge in [-0.05, 0) is 59.1 Å². The average Bonchev–Trinajstić information content (AvgIpc) is 2.76. The van der Waals surface area contributed by atoms with Gasteiger partial charge < -0.3 is 20.3 Å². The summed E-state index contributed by atoms with van der Waals surface area (Å²) in [6.07, 6.45) is 9.38. The fraction of sp³-hybridized carbons (Fsp3) is 0.607. The number of benzene rings is 1. The molecule has 0 saturated carbocycles. The van der Waals surface area contributed by atoms with Crippen molar-refractivity contribution in [3.8, 4) is 12.3 Å². The Kier molecular flexibility index (Phi) is 12.4. The number of nitrogens with one attached hydrogen (secondary N) is 2. The van der Waals surface area contributed by atoms with E-state index in [1.807, 2.05) is 19.1 Å². The fourth-order valence-corrected chi connectivity index (χ4v) is 3.84. The van der Waals surface area contributed by atoms with Crippen molar-refractivity contribution in [3.05, 3.63) is 35.4 Å². The SMILES string of the molecule is C#Cc1ccccc1C(C(=O)NC(C)CCC)N(CCCCC)C(=O)C(C)NC(=O)OC(C)(C)C. The minimum atomic E-state index is -0.922. The van der Waals surface area contributed by atoms with Crippen LogP contribution in [0.25, 0.3) is 0 Å². The number of hydrogen-bond donors (Lipinski definition) is 2. The van der Waals surface area contributed by atoms with Crippen LogP contribution in [0, 0.1) is 12.3 Å². The lowest BCUT2D eigenvalue weighted by Crippen LogP contribution is -2.53. The van der Waals surface area contributed by atoms with Gasteiger partial charge >= 0.3 is 6.09 Å². The Morgan fingerprint density at radius 3 is 2.29 bits per heavy atom. The first-order valence-electron chi connectivity index (χ1n) is 12.6. The van der Waals surface area contributed by atoms with Crippen LogP contribution >= 0.6 is 0 Å². The Bertz CT molecular complexity index is 885. The third-order valence-electron chi connectivity index (χ3n) is 5.47. The van der Waals surface area contributed by atoms with Crippen molar-refractivity contribution < 1.29 is 19.1 Å². The minimum absolute atomic E-state index is 0.0575. The van der Waals surface area contributed by atoms with Crippen LogP contribution in [0.4, 0.5) is 4.79 Å². The van der Waals surface area contributed by atoms with Crippen molar-refractivity contribution in [2.75, 3.05) is 6.54 Å². The lowest BCUT2D eigenvalue weighted by molar-refractivity contribution is -0.142. The third-order valence-corrected chi connectivity index (χ3v) is 5.47. The molecule has 35 heavy (non-hydrogen) atoms. The van der Waals surface area contributed by atoms with Gasteiger partial charge in [0.1, 0.15) is 17.7 Å². The molecule has 7 heteroatoms. The van der Waals surface area contributed by atoms with E-state index < -0.39 is 23.8 Å². The Hall–Kier alpha value is -3.01. The summed E-state index contributed by atoms with van der Waals surface area (Å²) in [4.78, 5) is 41.2. The van der Waals surface area contributed by atoms with Crippen LogP contribution in [0.15, 0.2) is 24.3 Å². The van der Waals surface area contributed by atoms with Gasteiger partial charge in [0.2, 0.25) is 11.8 Å². The highest BCUT2D eigenvalue weighted by Gasteiger charge is 2.35. The molecule has 7 nitrogen and oxygen atoms in total. The molecule has 0 aliphatic heterocycles. The molecule has 1 aromatic carbocycles. The summed E-state index contributed by atoms with van der Waals surface area (Å²) in [6, 6.07) is 5.30. The second-order valence-electron chi connectivity index (χ2n) is 9.94. The molecule has 0 radical (unpaired) electrons. The normalized spacial score (nSPS) is 13.7. The molecular weight excluding hydrogens is 442 g/mol. The molecule has 0 aliphatic carbocycles. The molecule has 2 N–H and O–H groups in total. The van der Waals surface area contributed by atoms with Crippen molar-refractivity contribution >= 4 is 17.9 Å². The standard InChI is InChI=1S/C28H43N3O4/c1-9-12-15-19-31(26(33)21(5)30-27(34)35-28(6,7)8)24(25(32)29-20(4)16-10-2)23-18-14-13-17-22(23)11-3/h3,13-14,17-18,20-21,24H,9-10,12,15-16,19H2,1-2,4-8H3,(H,29,32)(H,30,34). The molecule has 0 saturated heterocycles. The van der Waals surface area contributed by atoms with Crippen molar-refractivity contribution in [2.24, 2.45) is 0 Å². The maximum absolute atomic E-state index is 13.7. The van der Waals surface area contributed by atoms with Crippen molar-refractivity contribution in [2.45, 2.75) is 104 Å². The van der Waals surface area contributed by atoms with Crippen LogP contribution < -0.4 is 10.6 Å². The monoisotopic (exact) mass is 485 g/mol. The number of hydrogen-bond acceptors (Lipinski definition) is 4. The zero-order chi connectivity index (χ0) is 26.6. The number of terminal acetylenes is 1. The van der Waals surface area contributed by atoms with E-state index in [1.54, 1.807) is 44.7 Å². The molecule has 3 amide bonds. The first-order chi connectivity index (χ1) is 16.4. The fourth-order valence-electron chi connectivity index (χ4n) is 3.84. The molecule has 0 bridgehead atoms. The predicted octanol–water partition coefficient (Wildman–Crippen LogP) is 4.95. The van der Waals surface area contributed by atoms with E-state index in [0.29, 0.717) is 24.1 Å². The van der Waals surface area contributed by atoms with Crippen molar-refractivity contribution in [3.63, 3.8) is 0 Å². The van der Waals surface area contributed by atoms with Crippen LogP contribution in [-0.2, 0) is 14.3 Å². The van der Waals surface area contributed by atoms with Crippen LogP contribution in [0.1, 0.15) is 97.7 Å². The Labute approximate surface area is 211 Å². The van der Waals surface area contributed by atoms with Gasteiger partial charge in [0.05, 0.1) is 0 Å². The van der Waals surface area contributed by atoms with Gasteiger partial charge in [0.15, 0.2) is 0 Å². The van der Waals surface area contributed by atoms with Gasteiger partial charge in [-0.3, -0.25) is 9.59 Å². The Morgan fingerprint density at radius 1 is 1.06 bits per heavy atom. The van der Waals surface area contributed by atoms with Crippen LogP contribution in [0.5, 0.6) is 0 Å². The highest BCUT2D eigenvalue weighted by molar-refractivity contribution is 5.92. The molecule has 3 atom stereocenters. The number of rotatable bonds is 12. The van der Waals surface area contributed by atoms with E-state index in [-0.39, 0.29) is 17.9 Å². The number of alkyl carbamates (subject to hydrolysis) is 1. The predicted molar refractivity (Wildman–Crippen MR) is 140 cm³/mol. The number of carbonyl (C=O) groups excluding carboxylic acids is 3. The lowest BCUT2D eigenvalue weighted by atomic mass is 9.97. The number of carbonyl (C=O) groups is 3. The van der Waals surface area contributed by atoms with Crippen molar-refractivity contribution in [1.29, 1.82) is 0 Å². The van der Waals surface area contributed by atoms with E-state index >= 15 is 0 Å². The molecule has 0 aromatic heterocycles. The number of amides is 3. The van der Waals surface area contributed by atoms with Gasteiger partial charge in [-0.25, -0.2) is 4.79 Å². The maximum atomic E-state index is 13.7. The summed E-state index contributed by atoms with van der Waals surface area (Å²) in [7, 11) is 0. The van der Waals surface area contributed by atoms with E-state index in [2.05, 4.69) is 30.4 Å². The molecular formula is C28H43N3O4. The summed E-state index contributed by atoms with van der Waals surface area (Å²) >= 11 is 0. The number of unbranched alkanes of at least 4 members (excludes halogenated alkanes) is 2. The van der Waals surface area contributed by atoms with Gasteiger partial charge in [-0.1, -0.05) is 57.2 Å². The molecule has 1 aromatic rings. The van der Waals surface area contributed by atoms with Gasteiger partial charge in [0.25, 0.3) is 0 Å². The van der Waals surface area contributed by atoms with E-state index in [1.165, 1.54) is 0 Å². The Morgan fingerprint density at radius 2 is 1.71 bits per heavy atom. The van der Waals surface area contributed by atoms with Gasteiger partial charge in [0, 0.05) is 18.2 Å². The quantitative estimate of drug-likeness (QED) is 0.324. The van der Waals surface area contributed by atoms with Crippen LogP contribution in [0.2, 0.25) is 0 Å². The first-order valence-corrected chi connectivity index (χ1v) is 12.6. The molecule has 0 fully saturated rings. The Balaban J connectivity index is 3.40. The minimum Gasteiger partial charge on any atom is -0.444 e. The zero-order valence-electron chi connectivity index (χ0n) is 22.4. The molecule has 0 spiro atoms. The molecule has 0 aliphatic rings. The van der Waals surface area contributed by atoms with Crippen LogP contribution in [-0.4, -0.2) is 47.0 Å². The smallest absolute Gasteiger partial charge is 0.408 e. The first kappa shape index (κ1) is 30.0. The third kappa shape index (κ3) is 10.0. The largest absolute Gasteiger partial charge is 0.444 e. The zero-order valence-corrected chi connectivity index (χ0v) is 22.4. The van der Waals surface area contributed by atoms with Crippen LogP contribution in [0.3, 0.4) is 0 Å². The second kappa shape index (κ2) is 14.4. The van der Waals surface area contributed by atoms with Crippen molar-refractivity contribution in [1.82, 2.24) is 15.5 Å². The maximum Gasteiger partial charge on any atom is 0.408 e. The molecule has 3 unspecified atom stereocenters. The van der Waals surface area contributed by atoms with Gasteiger partial charge in [-0.2, -0.15) is 0 Å². The summed E-state index contributed by atoms with van der Waals surface area (Å²) in [5, 5.41) is 5.67. The average molecular weight is 486 g/mol. The van der Waals surface area contributed by atoms with E-state index in [9.17, 15) is 14.4 Å². The summed E-state index contributed by atoms with van der Waals surface area (Å²) < 4.78 is 5.32. The number of nitrogens with zero attached hydrogens (tertiary/aromatic N) is 1. The van der Waals surface area contributed by atoms with E-state index in [0.717, 1.165) is 25.7 Å². The van der Waals surface area contributed by atoms with Gasteiger partial charge in [-0.15, -0.1) is 6.42 Å². The van der Waals surface area contributed by atoms with E-state index in [4.69, 9.17) is 11.2 Å². The summed E-state index contributed by atoms with van der Waals surface area (Å²) in [5.74, 6) is 1.99. The second-order valence-corrected chi connectivity index (χ2v) is 9.94. The summed E-state index contributed by atoms with van der Waals surface area (Å²) in [6.45, 7) is 13.3. The highest BCUT2D eigenvalue weighted by Crippen LogP contribution is 2.26. The number of ether oxygens (including phenoxy) is 1. The topological polar surface area (TPSA) is 87.7 Å².